The molecule has 1 saturated heterocycles. The number of piperazine rings is 1. The molecule has 1 aromatic heterocycles. The summed E-state index contributed by atoms with van der Waals surface area (Å²) in [5.74, 6) is 2.29. The van der Waals surface area contributed by atoms with Crippen LogP contribution in [-0.4, -0.2) is 65.8 Å². The molecule has 3 aromatic rings. The van der Waals surface area contributed by atoms with Gasteiger partial charge >= 0.3 is 6.09 Å². The summed E-state index contributed by atoms with van der Waals surface area (Å²) in [5.41, 5.74) is 3.05. The van der Waals surface area contributed by atoms with Gasteiger partial charge < -0.3 is 24.7 Å². The number of imidazole rings is 1. The molecule has 0 radical (unpaired) electrons. The van der Waals surface area contributed by atoms with E-state index in [1.165, 1.54) is 5.69 Å². The van der Waals surface area contributed by atoms with Gasteiger partial charge in [0.2, 0.25) is 0 Å². The van der Waals surface area contributed by atoms with Gasteiger partial charge in [0.05, 0.1) is 11.2 Å². The Kier molecular flexibility index (Phi) is 7.26. The maximum atomic E-state index is 11.9. The minimum absolute atomic E-state index is 0.337. The van der Waals surface area contributed by atoms with E-state index in [1.807, 2.05) is 32.9 Å². The molecule has 182 valence electrons. The minimum Gasteiger partial charge on any atom is -0.492 e. The zero-order valence-corrected chi connectivity index (χ0v) is 20.6. The topological polar surface area (TPSA) is 82.7 Å². The Bertz CT molecular complexity index is 1100. The first-order valence-corrected chi connectivity index (χ1v) is 12.0. The fourth-order valence-corrected chi connectivity index (χ4v) is 4.04. The summed E-state index contributed by atoms with van der Waals surface area (Å²) in [6.45, 7) is 13.2. The Hall–Kier alpha value is -3.26. The smallest absolute Gasteiger partial charge is 0.413 e. The molecule has 2 N–H and O–H groups in total. The van der Waals surface area contributed by atoms with Crippen LogP contribution in [-0.2, 0) is 6.42 Å². The highest BCUT2D eigenvalue weighted by atomic mass is 16.6. The van der Waals surface area contributed by atoms with Crippen molar-refractivity contribution in [1.29, 1.82) is 0 Å². The highest BCUT2D eigenvalue weighted by molar-refractivity contribution is 5.89. The molecule has 1 fully saturated rings. The molecule has 34 heavy (non-hydrogen) atoms. The van der Waals surface area contributed by atoms with E-state index in [1.54, 1.807) is 12.1 Å². The van der Waals surface area contributed by atoms with Gasteiger partial charge in [-0.3, -0.25) is 4.90 Å². The molecule has 8 nitrogen and oxygen atoms in total. The maximum absolute atomic E-state index is 11.9. The average molecular weight is 466 g/mol. The van der Waals surface area contributed by atoms with Crippen LogP contribution in [0, 0.1) is 0 Å². The van der Waals surface area contributed by atoms with Gasteiger partial charge in [0.1, 0.15) is 29.4 Å². The zero-order chi connectivity index (χ0) is 24.1. The molecular formula is C26H35N5O3. The van der Waals surface area contributed by atoms with Crippen LogP contribution >= 0.6 is 0 Å². The fourth-order valence-electron chi connectivity index (χ4n) is 4.04. The SMILES string of the molecule is CCc1nc2c(N3CCN(CCOc4ccc(OC(=O)NC(C)(C)C)cc4)CC3)cccc2[nH]1. The highest BCUT2D eigenvalue weighted by Gasteiger charge is 2.20. The van der Waals surface area contributed by atoms with E-state index in [9.17, 15) is 4.79 Å². The van der Waals surface area contributed by atoms with E-state index in [0.29, 0.717) is 12.4 Å². The summed E-state index contributed by atoms with van der Waals surface area (Å²) in [6, 6.07) is 13.5. The second-order valence-electron chi connectivity index (χ2n) is 9.62. The first kappa shape index (κ1) is 23.9. The minimum atomic E-state index is -0.463. The van der Waals surface area contributed by atoms with E-state index in [-0.39, 0.29) is 5.54 Å². The van der Waals surface area contributed by atoms with Crippen LogP contribution in [0.5, 0.6) is 11.5 Å². The normalized spacial score (nSPS) is 14.9. The quantitative estimate of drug-likeness (QED) is 0.544. The molecule has 4 rings (SSSR count). The van der Waals surface area contributed by atoms with E-state index in [2.05, 4.69) is 45.2 Å². The molecule has 1 amide bonds. The Morgan fingerprint density at radius 3 is 2.44 bits per heavy atom. The monoisotopic (exact) mass is 465 g/mol. The van der Waals surface area contributed by atoms with Crippen LogP contribution in [0.4, 0.5) is 10.5 Å². The van der Waals surface area contributed by atoms with Crippen molar-refractivity contribution in [3.8, 4) is 11.5 Å². The lowest BCUT2D eigenvalue weighted by molar-refractivity contribution is 0.190. The van der Waals surface area contributed by atoms with Crippen LogP contribution in [0.1, 0.15) is 33.5 Å². The fraction of sp³-hybridized carbons (Fsp3) is 0.462. The van der Waals surface area contributed by atoms with Gasteiger partial charge in [0.25, 0.3) is 0 Å². The lowest BCUT2D eigenvalue weighted by atomic mass is 10.1. The number of aromatic amines is 1. The van der Waals surface area contributed by atoms with Crippen molar-refractivity contribution in [2.24, 2.45) is 0 Å². The first-order chi connectivity index (χ1) is 16.3. The molecule has 1 aliphatic heterocycles. The number of aromatic nitrogens is 2. The third-order valence-corrected chi connectivity index (χ3v) is 5.78. The number of anilines is 1. The molecule has 0 atom stereocenters. The van der Waals surface area contributed by atoms with Crippen molar-refractivity contribution in [3.05, 3.63) is 48.3 Å². The number of carbonyl (C=O) groups excluding carboxylic acids is 1. The van der Waals surface area contributed by atoms with Gasteiger partial charge in [-0.25, -0.2) is 9.78 Å². The lowest BCUT2D eigenvalue weighted by Crippen LogP contribution is -2.47. The second-order valence-corrected chi connectivity index (χ2v) is 9.62. The first-order valence-electron chi connectivity index (χ1n) is 12.0. The summed E-state index contributed by atoms with van der Waals surface area (Å²) in [6.07, 6.45) is 0.444. The van der Waals surface area contributed by atoms with Gasteiger partial charge in [-0.15, -0.1) is 0 Å². The Morgan fingerprint density at radius 2 is 1.76 bits per heavy atom. The number of H-pyrrole nitrogens is 1. The number of para-hydroxylation sites is 1. The number of nitrogens with one attached hydrogen (secondary N) is 2. The largest absolute Gasteiger partial charge is 0.492 e. The number of rotatable bonds is 7. The molecule has 0 aliphatic carbocycles. The summed E-state index contributed by atoms with van der Waals surface area (Å²) < 4.78 is 11.2. The molecule has 1 aliphatic rings. The predicted octanol–water partition coefficient (Wildman–Crippen LogP) is 4.21. The van der Waals surface area contributed by atoms with E-state index in [4.69, 9.17) is 14.5 Å². The van der Waals surface area contributed by atoms with Gasteiger partial charge in [0, 0.05) is 44.7 Å². The third-order valence-electron chi connectivity index (χ3n) is 5.78. The molecule has 0 bridgehead atoms. The number of benzene rings is 2. The molecule has 0 spiro atoms. The Labute approximate surface area is 201 Å². The number of fused-ring (bicyclic) bond motifs is 1. The third kappa shape index (κ3) is 6.20. The number of nitrogens with zero attached hydrogens (tertiary/aromatic N) is 3. The van der Waals surface area contributed by atoms with E-state index < -0.39 is 6.09 Å². The van der Waals surface area contributed by atoms with Gasteiger partial charge in [-0.2, -0.15) is 0 Å². The van der Waals surface area contributed by atoms with Gasteiger partial charge in [-0.1, -0.05) is 13.0 Å². The number of hydrogen-bond acceptors (Lipinski definition) is 6. The Balaban J connectivity index is 1.21. The van der Waals surface area contributed by atoms with Crippen LogP contribution in [0.3, 0.4) is 0 Å². The van der Waals surface area contributed by atoms with Crippen molar-refractivity contribution in [3.63, 3.8) is 0 Å². The van der Waals surface area contributed by atoms with Crippen molar-refractivity contribution in [2.45, 2.75) is 39.7 Å². The number of amides is 1. The Morgan fingerprint density at radius 1 is 1.06 bits per heavy atom. The highest BCUT2D eigenvalue weighted by Crippen LogP contribution is 2.26. The number of hydrogen-bond donors (Lipinski definition) is 2. The number of carbonyl (C=O) groups is 1. The molecular weight excluding hydrogens is 430 g/mol. The van der Waals surface area contributed by atoms with Gasteiger partial charge in [0.15, 0.2) is 0 Å². The van der Waals surface area contributed by atoms with E-state index >= 15 is 0 Å². The van der Waals surface area contributed by atoms with Crippen molar-refractivity contribution < 1.29 is 14.3 Å². The summed E-state index contributed by atoms with van der Waals surface area (Å²) in [7, 11) is 0. The molecule has 2 heterocycles. The number of aryl methyl sites for hydroxylation is 1. The van der Waals surface area contributed by atoms with Crippen molar-refractivity contribution in [2.75, 3.05) is 44.2 Å². The van der Waals surface area contributed by atoms with Gasteiger partial charge in [-0.05, 0) is 57.2 Å². The summed E-state index contributed by atoms with van der Waals surface area (Å²) in [5, 5.41) is 2.77. The second kappa shape index (κ2) is 10.3. The lowest BCUT2D eigenvalue weighted by Gasteiger charge is -2.36. The predicted molar refractivity (Wildman–Crippen MR) is 135 cm³/mol. The number of ether oxygens (including phenoxy) is 2. The van der Waals surface area contributed by atoms with E-state index in [0.717, 1.165) is 61.8 Å². The van der Waals surface area contributed by atoms with Crippen molar-refractivity contribution >= 4 is 22.8 Å². The maximum Gasteiger partial charge on any atom is 0.413 e. The summed E-state index contributed by atoms with van der Waals surface area (Å²) >= 11 is 0. The molecule has 0 saturated carbocycles. The van der Waals surface area contributed by atoms with Crippen LogP contribution in [0.15, 0.2) is 42.5 Å². The zero-order valence-electron chi connectivity index (χ0n) is 20.6. The van der Waals surface area contributed by atoms with Crippen molar-refractivity contribution in [1.82, 2.24) is 20.2 Å². The van der Waals surface area contributed by atoms with Crippen LogP contribution < -0.4 is 19.7 Å². The van der Waals surface area contributed by atoms with Crippen LogP contribution in [0.25, 0.3) is 11.0 Å². The standard InChI is InChI=1S/C26H35N5O3/c1-5-23-27-21-7-6-8-22(24(21)28-23)31-15-13-30(14-16-31)17-18-33-19-9-11-20(12-10-19)34-25(32)29-26(2,3)4/h6-12H,5,13-18H2,1-4H3,(H,27,28)(H,29,32). The van der Waals surface area contributed by atoms with Crippen LogP contribution in [0.2, 0.25) is 0 Å². The molecule has 8 heteroatoms. The summed E-state index contributed by atoms with van der Waals surface area (Å²) in [4.78, 5) is 24.9. The molecule has 2 aromatic carbocycles. The average Bonchev–Trinajstić information content (AvgIpc) is 3.23. The molecule has 0 unspecified atom stereocenters.